The zero-order valence-corrected chi connectivity index (χ0v) is 9.93. The van der Waals surface area contributed by atoms with E-state index in [2.05, 4.69) is 18.0 Å². The molecule has 0 aliphatic carbocycles. The molecule has 0 fully saturated rings. The Morgan fingerprint density at radius 1 is 1.40 bits per heavy atom. The molecule has 0 aliphatic heterocycles. The maximum absolute atomic E-state index is 11.2. The van der Waals surface area contributed by atoms with Crippen LogP contribution in [0.15, 0.2) is 18.5 Å². The third-order valence-electron chi connectivity index (χ3n) is 1.86. The second kappa shape index (κ2) is 4.05. The molecule has 2 heterocycles. The van der Waals surface area contributed by atoms with Crippen molar-refractivity contribution in [3.8, 4) is 0 Å². The van der Waals surface area contributed by atoms with Gasteiger partial charge in [-0.25, -0.2) is 19.7 Å². The Labute approximate surface area is 99.6 Å². The van der Waals surface area contributed by atoms with E-state index in [-0.39, 0.29) is 0 Å². The largest absolute Gasteiger partial charge is 0.391 e. The molecule has 0 N–H and O–H groups in total. The third kappa shape index (κ3) is 2.04. The maximum atomic E-state index is 11.2. The number of rotatable bonds is 1. The molecule has 0 amide bonds. The first kappa shape index (κ1) is 10.2. The fourth-order valence-corrected chi connectivity index (χ4v) is 1.42. The molecule has 0 aromatic carbocycles. The summed E-state index contributed by atoms with van der Waals surface area (Å²) in [7, 11) is 0. The first-order valence-electron chi connectivity index (χ1n) is 4.13. The van der Waals surface area contributed by atoms with E-state index in [9.17, 15) is 4.79 Å². The highest BCUT2D eigenvalue weighted by atomic mass is 127. The van der Waals surface area contributed by atoms with E-state index in [1.165, 1.54) is 29.2 Å². The topological polar surface area (TPSA) is 65.0 Å². The van der Waals surface area contributed by atoms with Gasteiger partial charge >= 0.3 is 5.97 Å². The Morgan fingerprint density at radius 3 is 2.93 bits per heavy atom. The average Bonchev–Trinajstić information content (AvgIpc) is 2.27. The van der Waals surface area contributed by atoms with Gasteiger partial charge in [-0.1, -0.05) is 0 Å². The van der Waals surface area contributed by atoms with Crippen molar-refractivity contribution in [2.24, 2.45) is 0 Å². The Morgan fingerprint density at radius 2 is 2.20 bits per heavy atom. The lowest BCUT2D eigenvalue weighted by Gasteiger charge is -1.99. The molecule has 0 bridgehead atoms. The molecule has 5 nitrogen and oxygen atoms in total. The van der Waals surface area contributed by atoms with Crippen molar-refractivity contribution in [3.63, 3.8) is 0 Å². The zero-order valence-electron chi connectivity index (χ0n) is 7.77. The number of fused-ring (bicyclic) bond motifs is 1. The number of hydrogen-bond donors (Lipinski definition) is 0. The second-order valence-electron chi connectivity index (χ2n) is 2.92. The third-order valence-corrected chi connectivity index (χ3v) is 2.26. The van der Waals surface area contributed by atoms with E-state index in [0.29, 0.717) is 17.0 Å². The molecular formula is C9H6IN3O2. The van der Waals surface area contributed by atoms with Crippen LogP contribution < -0.4 is 0 Å². The highest BCUT2D eigenvalue weighted by Crippen LogP contribution is 2.11. The van der Waals surface area contributed by atoms with Crippen LogP contribution in [0.4, 0.5) is 0 Å². The normalized spacial score (nSPS) is 10.3. The minimum atomic E-state index is -0.425. The molecule has 0 unspecified atom stereocenters. The maximum Gasteiger partial charge on any atom is 0.349 e. The average molecular weight is 315 g/mol. The molecule has 76 valence electrons. The van der Waals surface area contributed by atoms with E-state index in [0.717, 1.165) is 5.39 Å². The smallest absolute Gasteiger partial charge is 0.349 e. The van der Waals surface area contributed by atoms with Crippen molar-refractivity contribution in [3.05, 3.63) is 29.8 Å². The van der Waals surface area contributed by atoms with Crippen LogP contribution in [0.25, 0.3) is 11.0 Å². The lowest BCUT2D eigenvalue weighted by molar-refractivity contribution is 0.0800. The van der Waals surface area contributed by atoms with Crippen LogP contribution in [-0.2, 0) is 3.07 Å². The number of halogens is 1. The van der Waals surface area contributed by atoms with Gasteiger partial charge in [0.25, 0.3) is 0 Å². The SMILES string of the molecule is Cc1ncc2cc(C(=O)OI)cnc2n1. The van der Waals surface area contributed by atoms with Gasteiger partial charge in [-0.05, 0) is 13.0 Å². The number of pyridine rings is 1. The fraction of sp³-hybridized carbons (Fsp3) is 0.111. The van der Waals surface area contributed by atoms with Crippen LogP contribution in [-0.4, -0.2) is 20.9 Å². The van der Waals surface area contributed by atoms with Gasteiger partial charge in [0.05, 0.1) is 5.56 Å². The van der Waals surface area contributed by atoms with Gasteiger partial charge in [0.2, 0.25) is 0 Å². The van der Waals surface area contributed by atoms with Gasteiger partial charge in [-0.3, -0.25) is 0 Å². The lowest BCUT2D eigenvalue weighted by Crippen LogP contribution is -2.00. The van der Waals surface area contributed by atoms with E-state index in [1.807, 2.05) is 0 Å². The highest BCUT2D eigenvalue weighted by Gasteiger charge is 2.08. The lowest BCUT2D eigenvalue weighted by atomic mass is 10.2. The second-order valence-corrected chi connectivity index (χ2v) is 3.36. The van der Waals surface area contributed by atoms with Crippen molar-refractivity contribution in [2.45, 2.75) is 6.92 Å². The standard InChI is InChI=1S/C9H6IN3O2/c1-5-11-3-6-2-7(9(14)15-10)4-12-8(6)13-5/h2-4H,1H3. The molecule has 0 atom stereocenters. The van der Waals surface area contributed by atoms with E-state index in [1.54, 1.807) is 19.2 Å². The summed E-state index contributed by atoms with van der Waals surface area (Å²) in [5.41, 5.74) is 0.969. The number of aromatic nitrogens is 3. The molecule has 2 aromatic rings. The monoisotopic (exact) mass is 315 g/mol. The zero-order chi connectivity index (χ0) is 10.8. The molecule has 15 heavy (non-hydrogen) atoms. The quantitative estimate of drug-likeness (QED) is 0.751. The van der Waals surface area contributed by atoms with Gasteiger partial charge in [0.1, 0.15) is 5.82 Å². The Bertz CT molecular complexity index is 530. The van der Waals surface area contributed by atoms with Crippen molar-refractivity contribution in [1.29, 1.82) is 0 Å². The number of carbonyl (C=O) groups is 1. The number of nitrogens with zero attached hydrogens (tertiary/aromatic N) is 3. The molecule has 0 aliphatic rings. The number of hydrogen-bond acceptors (Lipinski definition) is 5. The highest BCUT2D eigenvalue weighted by molar-refractivity contribution is 14.1. The molecule has 2 aromatic heterocycles. The Balaban J connectivity index is 2.57. The molecular weight excluding hydrogens is 309 g/mol. The van der Waals surface area contributed by atoms with Crippen molar-refractivity contribution in [2.75, 3.05) is 0 Å². The van der Waals surface area contributed by atoms with E-state index in [4.69, 9.17) is 0 Å². The van der Waals surface area contributed by atoms with Crippen LogP contribution in [0.1, 0.15) is 16.2 Å². The minimum absolute atomic E-state index is 0.393. The van der Waals surface area contributed by atoms with Gasteiger partial charge in [0, 0.05) is 17.8 Å². The van der Waals surface area contributed by atoms with Crippen molar-refractivity contribution in [1.82, 2.24) is 15.0 Å². The molecule has 6 heteroatoms. The van der Waals surface area contributed by atoms with Crippen LogP contribution in [0.3, 0.4) is 0 Å². The first-order valence-corrected chi connectivity index (χ1v) is 5.01. The Kier molecular flexibility index (Phi) is 2.76. The minimum Gasteiger partial charge on any atom is -0.391 e. The molecule has 2 rings (SSSR count). The van der Waals surface area contributed by atoms with Crippen molar-refractivity contribution < 1.29 is 7.86 Å². The fourth-order valence-electron chi connectivity index (χ4n) is 1.16. The summed E-state index contributed by atoms with van der Waals surface area (Å²) >= 11 is 1.54. The predicted octanol–water partition coefficient (Wildman–Crippen LogP) is 1.84. The summed E-state index contributed by atoms with van der Waals surface area (Å²) in [5, 5.41) is 0.722. The molecule has 0 radical (unpaired) electrons. The summed E-state index contributed by atoms with van der Waals surface area (Å²) in [5.74, 6) is 0.227. The van der Waals surface area contributed by atoms with Gasteiger partial charge in [-0.2, -0.15) is 0 Å². The van der Waals surface area contributed by atoms with E-state index >= 15 is 0 Å². The first-order chi connectivity index (χ1) is 7.20. The van der Waals surface area contributed by atoms with E-state index < -0.39 is 5.97 Å². The van der Waals surface area contributed by atoms with Crippen LogP contribution in [0.5, 0.6) is 0 Å². The summed E-state index contributed by atoms with van der Waals surface area (Å²) in [6.07, 6.45) is 3.07. The summed E-state index contributed by atoms with van der Waals surface area (Å²) in [6.45, 7) is 1.79. The summed E-state index contributed by atoms with van der Waals surface area (Å²) < 4.78 is 4.56. The molecule has 0 spiro atoms. The van der Waals surface area contributed by atoms with Gasteiger partial charge in [-0.15, -0.1) is 0 Å². The molecule has 0 saturated carbocycles. The number of aryl methyl sites for hydroxylation is 1. The predicted molar refractivity (Wildman–Crippen MR) is 61.5 cm³/mol. The number of carbonyl (C=O) groups excluding carboxylic acids is 1. The van der Waals surface area contributed by atoms with Crippen LogP contribution >= 0.6 is 23.0 Å². The van der Waals surface area contributed by atoms with Gasteiger partial charge < -0.3 is 3.07 Å². The van der Waals surface area contributed by atoms with Gasteiger partial charge in [0.15, 0.2) is 28.7 Å². The Hall–Kier alpha value is -1.31. The molecule has 0 saturated heterocycles. The van der Waals surface area contributed by atoms with Crippen LogP contribution in [0.2, 0.25) is 0 Å². The summed E-state index contributed by atoms with van der Waals surface area (Å²) in [6, 6.07) is 1.66. The summed E-state index contributed by atoms with van der Waals surface area (Å²) in [4.78, 5) is 23.4. The van der Waals surface area contributed by atoms with Crippen molar-refractivity contribution >= 4 is 40.0 Å². The van der Waals surface area contributed by atoms with Crippen LogP contribution in [0, 0.1) is 6.92 Å².